The summed E-state index contributed by atoms with van der Waals surface area (Å²) in [6, 6.07) is 3.56. The molecule has 2 aliphatic heterocycles. The van der Waals surface area contributed by atoms with Gasteiger partial charge in [0.15, 0.2) is 0 Å². The summed E-state index contributed by atoms with van der Waals surface area (Å²) in [5.74, 6) is 0.0855. The third-order valence-corrected chi connectivity index (χ3v) is 4.80. The molecule has 2 saturated heterocycles. The summed E-state index contributed by atoms with van der Waals surface area (Å²) < 4.78 is 11.7. The summed E-state index contributed by atoms with van der Waals surface area (Å²) in [7, 11) is 0. The van der Waals surface area contributed by atoms with Gasteiger partial charge < -0.3 is 14.4 Å². The summed E-state index contributed by atoms with van der Waals surface area (Å²) >= 11 is 0. The van der Waals surface area contributed by atoms with E-state index in [1.54, 1.807) is 24.5 Å². The quantitative estimate of drug-likeness (QED) is 0.855. The molecule has 2 aliphatic rings. The monoisotopic (exact) mass is 304 g/mol. The van der Waals surface area contributed by atoms with Gasteiger partial charge in [-0.15, -0.1) is 0 Å². The number of rotatable bonds is 4. The molecular formula is C17H24N2O3. The van der Waals surface area contributed by atoms with Crippen LogP contribution in [0.4, 0.5) is 0 Å². The Bertz CT molecular complexity index is 508. The lowest BCUT2D eigenvalue weighted by molar-refractivity contribution is -0.146. The second-order valence-corrected chi connectivity index (χ2v) is 6.21. The molecule has 5 nitrogen and oxygen atoms in total. The van der Waals surface area contributed by atoms with Gasteiger partial charge >= 0.3 is 0 Å². The number of hydrogen-bond donors (Lipinski definition) is 0. The van der Waals surface area contributed by atoms with Gasteiger partial charge in [0.25, 0.3) is 5.91 Å². The summed E-state index contributed by atoms with van der Waals surface area (Å²) in [5.41, 5.74) is 0.659. The fourth-order valence-corrected chi connectivity index (χ4v) is 3.66. The van der Waals surface area contributed by atoms with Crippen molar-refractivity contribution < 1.29 is 14.3 Å². The average molecular weight is 304 g/mol. The predicted molar refractivity (Wildman–Crippen MR) is 82.7 cm³/mol. The van der Waals surface area contributed by atoms with E-state index in [1.807, 2.05) is 11.8 Å². The Kier molecular flexibility index (Phi) is 4.74. The summed E-state index contributed by atoms with van der Waals surface area (Å²) in [6.07, 6.45) is 6.55. The van der Waals surface area contributed by atoms with Crippen molar-refractivity contribution in [3.05, 3.63) is 30.1 Å². The van der Waals surface area contributed by atoms with Gasteiger partial charge in [0.2, 0.25) is 0 Å². The number of amides is 1. The van der Waals surface area contributed by atoms with Crippen LogP contribution in [0.15, 0.2) is 24.5 Å². The molecule has 0 bridgehead atoms. The highest BCUT2D eigenvalue weighted by Crippen LogP contribution is 2.40. The second kappa shape index (κ2) is 6.75. The Morgan fingerprint density at radius 2 is 2.32 bits per heavy atom. The van der Waals surface area contributed by atoms with Gasteiger partial charge in [-0.05, 0) is 38.3 Å². The topological polar surface area (TPSA) is 51.7 Å². The van der Waals surface area contributed by atoms with Crippen molar-refractivity contribution in [2.75, 3.05) is 32.9 Å². The van der Waals surface area contributed by atoms with Crippen LogP contribution < -0.4 is 0 Å². The number of fused-ring (bicyclic) bond motifs is 1. The minimum atomic E-state index is -0.0464. The first kappa shape index (κ1) is 15.4. The highest BCUT2D eigenvalue weighted by molar-refractivity contribution is 5.94. The molecule has 1 aromatic rings. The molecule has 0 spiro atoms. The number of pyridine rings is 1. The van der Waals surface area contributed by atoms with Crippen molar-refractivity contribution in [3.63, 3.8) is 0 Å². The molecule has 0 aromatic carbocycles. The molecule has 3 heterocycles. The van der Waals surface area contributed by atoms with E-state index in [4.69, 9.17) is 9.47 Å². The maximum atomic E-state index is 12.7. The average Bonchev–Trinajstić information content (AvgIpc) is 2.59. The van der Waals surface area contributed by atoms with E-state index in [2.05, 4.69) is 4.98 Å². The van der Waals surface area contributed by atoms with Crippen molar-refractivity contribution in [1.29, 1.82) is 0 Å². The molecule has 0 radical (unpaired) electrons. The van der Waals surface area contributed by atoms with Gasteiger partial charge in [0.1, 0.15) is 0 Å². The van der Waals surface area contributed by atoms with Crippen LogP contribution in [-0.4, -0.2) is 54.8 Å². The van der Waals surface area contributed by atoms with Gasteiger partial charge in [-0.25, -0.2) is 0 Å². The molecule has 2 unspecified atom stereocenters. The fraction of sp³-hybridized carbons (Fsp3) is 0.647. The van der Waals surface area contributed by atoms with E-state index in [1.165, 1.54) is 0 Å². The Labute approximate surface area is 131 Å². The lowest BCUT2D eigenvalue weighted by atomic mass is 9.73. The second-order valence-electron chi connectivity index (χ2n) is 6.21. The van der Waals surface area contributed by atoms with Crippen molar-refractivity contribution in [2.24, 2.45) is 5.41 Å². The maximum Gasteiger partial charge on any atom is 0.253 e. The number of piperidine rings is 1. The molecule has 3 rings (SSSR count). The number of hydrogen-bond acceptors (Lipinski definition) is 4. The zero-order chi connectivity index (χ0) is 15.4. The van der Waals surface area contributed by atoms with E-state index < -0.39 is 0 Å². The first-order valence-corrected chi connectivity index (χ1v) is 8.14. The lowest BCUT2D eigenvalue weighted by Crippen LogP contribution is -2.58. The normalized spacial score (nSPS) is 28.2. The van der Waals surface area contributed by atoms with E-state index in [-0.39, 0.29) is 17.4 Å². The number of carbonyl (C=O) groups is 1. The Balaban J connectivity index is 1.76. The Morgan fingerprint density at radius 3 is 3.09 bits per heavy atom. The van der Waals surface area contributed by atoms with Crippen molar-refractivity contribution in [1.82, 2.24) is 9.88 Å². The van der Waals surface area contributed by atoms with Crippen LogP contribution in [0.3, 0.4) is 0 Å². The minimum absolute atomic E-state index is 0.0464. The maximum absolute atomic E-state index is 12.7. The minimum Gasteiger partial charge on any atom is -0.381 e. The molecule has 2 fully saturated rings. The highest BCUT2D eigenvalue weighted by atomic mass is 16.5. The van der Waals surface area contributed by atoms with Gasteiger partial charge in [0, 0.05) is 49.7 Å². The third-order valence-electron chi connectivity index (χ3n) is 4.80. The summed E-state index contributed by atoms with van der Waals surface area (Å²) in [6.45, 7) is 5.69. The van der Waals surface area contributed by atoms with E-state index >= 15 is 0 Å². The van der Waals surface area contributed by atoms with Crippen LogP contribution >= 0.6 is 0 Å². The largest absolute Gasteiger partial charge is 0.381 e. The molecule has 0 aliphatic carbocycles. The molecule has 2 atom stereocenters. The smallest absolute Gasteiger partial charge is 0.253 e. The summed E-state index contributed by atoms with van der Waals surface area (Å²) in [5, 5.41) is 0. The first-order chi connectivity index (χ1) is 10.7. The Hall–Kier alpha value is -1.46. The molecule has 1 aromatic heterocycles. The van der Waals surface area contributed by atoms with Crippen LogP contribution in [0.1, 0.15) is 36.5 Å². The molecular weight excluding hydrogens is 280 g/mol. The van der Waals surface area contributed by atoms with Crippen molar-refractivity contribution in [3.8, 4) is 0 Å². The van der Waals surface area contributed by atoms with E-state index in [0.29, 0.717) is 18.8 Å². The van der Waals surface area contributed by atoms with Crippen molar-refractivity contribution >= 4 is 5.91 Å². The Morgan fingerprint density at radius 1 is 1.50 bits per heavy atom. The number of carbonyl (C=O) groups excluding carboxylic acids is 1. The van der Waals surface area contributed by atoms with Crippen LogP contribution in [0.25, 0.3) is 0 Å². The van der Waals surface area contributed by atoms with E-state index in [0.717, 1.165) is 39.0 Å². The zero-order valence-electron chi connectivity index (χ0n) is 13.2. The fourth-order valence-electron chi connectivity index (χ4n) is 3.66. The van der Waals surface area contributed by atoms with Crippen LogP contribution in [-0.2, 0) is 9.47 Å². The molecule has 22 heavy (non-hydrogen) atoms. The first-order valence-electron chi connectivity index (χ1n) is 8.14. The number of nitrogens with zero attached hydrogens (tertiary/aromatic N) is 2. The molecule has 0 N–H and O–H groups in total. The standard InChI is InChI=1S/C17H24N2O3/c1-2-21-13-17-7-3-11-22-15(17)6-10-19(12-17)16(20)14-4-8-18-9-5-14/h4-5,8-9,15H,2-3,6-7,10-13H2,1H3. The van der Waals surface area contributed by atoms with Crippen LogP contribution in [0.5, 0.6) is 0 Å². The lowest BCUT2D eigenvalue weighted by Gasteiger charge is -2.50. The SMILES string of the molecule is CCOCC12CCCOC1CCN(C(=O)c1ccncc1)C2. The molecule has 1 amide bonds. The third kappa shape index (κ3) is 3.01. The van der Waals surface area contributed by atoms with Crippen molar-refractivity contribution in [2.45, 2.75) is 32.3 Å². The van der Waals surface area contributed by atoms with E-state index in [9.17, 15) is 4.79 Å². The highest BCUT2D eigenvalue weighted by Gasteiger charge is 2.47. The molecule has 120 valence electrons. The van der Waals surface area contributed by atoms with Gasteiger partial charge in [-0.2, -0.15) is 0 Å². The van der Waals surface area contributed by atoms with Gasteiger partial charge in [-0.3, -0.25) is 9.78 Å². The number of likely N-dealkylation sites (tertiary alicyclic amines) is 1. The van der Waals surface area contributed by atoms with Crippen LogP contribution in [0, 0.1) is 5.41 Å². The van der Waals surface area contributed by atoms with Gasteiger partial charge in [0.05, 0.1) is 12.7 Å². The van der Waals surface area contributed by atoms with Gasteiger partial charge in [-0.1, -0.05) is 0 Å². The summed E-state index contributed by atoms with van der Waals surface area (Å²) in [4.78, 5) is 18.6. The number of aromatic nitrogens is 1. The zero-order valence-corrected chi connectivity index (χ0v) is 13.2. The number of ether oxygens (including phenoxy) is 2. The molecule has 5 heteroatoms. The van der Waals surface area contributed by atoms with Crippen LogP contribution in [0.2, 0.25) is 0 Å². The predicted octanol–water partition coefficient (Wildman–Crippen LogP) is 2.13. The molecule has 0 saturated carbocycles.